The van der Waals surface area contributed by atoms with E-state index < -0.39 is 15.1 Å². The Morgan fingerprint density at radius 2 is 2.10 bits per heavy atom. The zero-order chi connectivity index (χ0) is 14.3. The van der Waals surface area contributed by atoms with Gasteiger partial charge in [-0.2, -0.15) is 0 Å². The molecule has 1 atom stereocenters. The molecular formula is C14H18N2O3S. The molecule has 0 radical (unpaired) electrons. The molecule has 1 aromatic carbocycles. The second kappa shape index (κ2) is 4.77. The van der Waals surface area contributed by atoms with Crippen LogP contribution in [0, 0.1) is 0 Å². The number of nitrogen functional groups attached to an aromatic ring is 1. The highest BCUT2D eigenvalue weighted by molar-refractivity contribution is 7.92. The van der Waals surface area contributed by atoms with Crippen molar-refractivity contribution in [3.05, 3.63) is 23.8 Å². The van der Waals surface area contributed by atoms with Crippen molar-refractivity contribution in [1.82, 2.24) is 0 Å². The summed E-state index contributed by atoms with van der Waals surface area (Å²) in [6, 6.07) is 5.48. The van der Waals surface area contributed by atoms with Gasteiger partial charge in [0.25, 0.3) is 0 Å². The fraction of sp³-hybridized carbons (Fsp3) is 0.500. The van der Waals surface area contributed by atoms with Gasteiger partial charge in [0, 0.05) is 17.9 Å². The van der Waals surface area contributed by atoms with Crippen LogP contribution in [0.4, 0.5) is 11.4 Å². The van der Waals surface area contributed by atoms with Crippen molar-refractivity contribution in [2.45, 2.75) is 30.9 Å². The first-order valence-corrected chi connectivity index (χ1v) is 8.62. The molecule has 1 aromatic rings. The minimum absolute atomic E-state index is 0.126. The molecule has 1 saturated heterocycles. The Kier molecular flexibility index (Phi) is 3.20. The molecule has 0 aliphatic carbocycles. The molecule has 2 N–H and O–H groups in total. The third-order valence-electron chi connectivity index (χ3n) is 4.13. The number of nitrogens with two attached hydrogens (primary N) is 1. The quantitative estimate of drug-likeness (QED) is 0.787. The van der Waals surface area contributed by atoms with E-state index in [2.05, 4.69) is 0 Å². The van der Waals surface area contributed by atoms with E-state index in [-0.39, 0.29) is 11.7 Å². The average molecular weight is 294 g/mol. The molecule has 1 amide bonds. The Balaban J connectivity index is 1.92. The summed E-state index contributed by atoms with van der Waals surface area (Å²) in [5.41, 5.74) is 8.19. The van der Waals surface area contributed by atoms with Gasteiger partial charge < -0.3 is 10.6 Å². The lowest BCUT2D eigenvalue weighted by Crippen LogP contribution is -2.44. The molecule has 2 heterocycles. The maximum absolute atomic E-state index is 12.6. The fourth-order valence-electron chi connectivity index (χ4n) is 3.03. The summed E-state index contributed by atoms with van der Waals surface area (Å²) >= 11 is 0. The Bertz CT molecular complexity index is 654. The molecule has 2 aliphatic heterocycles. The smallest absolute Gasteiger partial charge is 0.245 e. The predicted molar refractivity (Wildman–Crippen MR) is 78.3 cm³/mol. The standard InChI is InChI=1S/C14H18N2O3S/c15-11-5-4-10-6-7-16(12(10)9-11)14(17)13-3-1-2-8-20(13,18)19/h4-5,9,13H,1-3,6-8,15H2. The molecule has 1 fully saturated rings. The number of carbonyl (C=O) groups excluding carboxylic acids is 1. The zero-order valence-corrected chi connectivity index (χ0v) is 12.0. The molecule has 2 aliphatic rings. The molecule has 0 spiro atoms. The maximum Gasteiger partial charge on any atom is 0.245 e. The highest BCUT2D eigenvalue weighted by atomic mass is 32.2. The van der Waals surface area contributed by atoms with Crippen LogP contribution in [0.25, 0.3) is 0 Å². The van der Waals surface area contributed by atoms with Crippen molar-refractivity contribution in [1.29, 1.82) is 0 Å². The van der Waals surface area contributed by atoms with Crippen molar-refractivity contribution in [2.75, 3.05) is 22.9 Å². The number of benzene rings is 1. The number of fused-ring (bicyclic) bond motifs is 1. The van der Waals surface area contributed by atoms with Gasteiger partial charge in [0.2, 0.25) is 5.91 Å². The van der Waals surface area contributed by atoms with Crippen molar-refractivity contribution < 1.29 is 13.2 Å². The average Bonchev–Trinajstić information content (AvgIpc) is 2.80. The number of hydrogen-bond donors (Lipinski definition) is 1. The van der Waals surface area contributed by atoms with Crippen LogP contribution in [0.15, 0.2) is 18.2 Å². The monoisotopic (exact) mass is 294 g/mol. The molecule has 20 heavy (non-hydrogen) atoms. The normalized spacial score (nSPS) is 24.4. The zero-order valence-electron chi connectivity index (χ0n) is 11.2. The molecule has 0 saturated carbocycles. The van der Waals surface area contributed by atoms with Crippen LogP contribution >= 0.6 is 0 Å². The Morgan fingerprint density at radius 1 is 1.30 bits per heavy atom. The maximum atomic E-state index is 12.6. The topological polar surface area (TPSA) is 80.5 Å². The molecule has 0 bridgehead atoms. The van der Waals surface area contributed by atoms with Gasteiger partial charge in [-0.1, -0.05) is 12.5 Å². The van der Waals surface area contributed by atoms with Crippen LogP contribution in [0.5, 0.6) is 0 Å². The lowest BCUT2D eigenvalue weighted by molar-refractivity contribution is -0.118. The minimum atomic E-state index is -3.30. The van der Waals surface area contributed by atoms with E-state index >= 15 is 0 Å². The van der Waals surface area contributed by atoms with E-state index in [1.165, 1.54) is 0 Å². The Labute approximate surface area is 118 Å². The third kappa shape index (κ3) is 2.18. The van der Waals surface area contributed by atoms with Gasteiger partial charge >= 0.3 is 0 Å². The summed E-state index contributed by atoms with van der Waals surface area (Å²) in [7, 11) is -3.30. The summed E-state index contributed by atoms with van der Waals surface area (Å²) in [4.78, 5) is 14.2. The first-order valence-electron chi connectivity index (χ1n) is 6.90. The van der Waals surface area contributed by atoms with Crippen LogP contribution in [-0.2, 0) is 21.1 Å². The fourth-order valence-corrected chi connectivity index (χ4v) is 4.88. The summed E-state index contributed by atoms with van der Waals surface area (Å²) < 4.78 is 24.2. The molecule has 108 valence electrons. The summed E-state index contributed by atoms with van der Waals surface area (Å²) in [5, 5.41) is -0.872. The largest absolute Gasteiger partial charge is 0.399 e. The van der Waals surface area contributed by atoms with Gasteiger partial charge in [0.05, 0.1) is 5.75 Å². The lowest BCUT2D eigenvalue weighted by Gasteiger charge is -2.26. The van der Waals surface area contributed by atoms with Crippen LogP contribution < -0.4 is 10.6 Å². The van der Waals surface area contributed by atoms with Gasteiger partial charge in [0.1, 0.15) is 5.25 Å². The van der Waals surface area contributed by atoms with Crippen molar-refractivity contribution in [3.63, 3.8) is 0 Å². The summed E-state index contributed by atoms with van der Waals surface area (Å²) in [6.07, 6.45) is 2.66. The van der Waals surface area contributed by atoms with E-state index in [0.29, 0.717) is 25.1 Å². The van der Waals surface area contributed by atoms with Crippen molar-refractivity contribution in [3.8, 4) is 0 Å². The second-order valence-corrected chi connectivity index (χ2v) is 7.78. The molecule has 0 aromatic heterocycles. The number of anilines is 2. The number of nitrogens with zero attached hydrogens (tertiary/aromatic N) is 1. The van der Waals surface area contributed by atoms with E-state index in [1.807, 2.05) is 12.1 Å². The molecule has 5 nitrogen and oxygen atoms in total. The van der Waals surface area contributed by atoms with Crippen molar-refractivity contribution in [2.24, 2.45) is 0 Å². The predicted octanol–water partition coefficient (Wildman–Crippen LogP) is 1.13. The lowest BCUT2D eigenvalue weighted by atomic mass is 10.1. The Morgan fingerprint density at radius 3 is 2.85 bits per heavy atom. The number of sulfone groups is 1. The molecule has 1 unspecified atom stereocenters. The molecular weight excluding hydrogens is 276 g/mol. The van der Waals surface area contributed by atoms with Crippen LogP contribution in [-0.4, -0.2) is 31.9 Å². The van der Waals surface area contributed by atoms with E-state index in [1.54, 1.807) is 11.0 Å². The number of hydrogen-bond acceptors (Lipinski definition) is 4. The number of amides is 1. The van der Waals surface area contributed by atoms with E-state index in [4.69, 9.17) is 5.73 Å². The van der Waals surface area contributed by atoms with E-state index in [0.717, 1.165) is 24.1 Å². The first kappa shape index (κ1) is 13.4. The number of rotatable bonds is 1. The van der Waals surface area contributed by atoms with Gasteiger partial charge in [-0.25, -0.2) is 8.42 Å². The van der Waals surface area contributed by atoms with Crippen LogP contribution in [0.2, 0.25) is 0 Å². The highest BCUT2D eigenvalue weighted by Gasteiger charge is 2.39. The summed E-state index contributed by atoms with van der Waals surface area (Å²) in [5.74, 6) is -0.157. The van der Waals surface area contributed by atoms with Crippen LogP contribution in [0.3, 0.4) is 0 Å². The van der Waals surface area contributed by atoms with Gasteiger partial charge in [-0.05, 0) is 37.0 Å². The number of carbonyl (C=O) groups is 1. The summed E-state index contributed by atoms with van der Waals surface area (Å²) in [6.45, 7) is 0.545. The first-order chi connectivity index (χ1) is 9.49. The molecule has 3 rings (SSSR count). The minimum Gasteiger partial charge on any atom is -0.399 e. The van der Waals surface area contributed by atoms with Gasteiger partial charge in [0.15, 0.2) is 9.84 Å². The van der Waals surface area contributed by atoms with Crippen LogP contribution in [0.1, 0.15) is 24.8 Å². The Hall–Kier alpha value is -1.56. The molecule has 6 heteroatoms. The highest BCUT2D eigenvalue weighted by Crippen LogP contribution is 2.32. The van der Waals surface area contributed by atoms with Gasteiger partial charge in [-0.15, -0.1) is 0 Å². The van der Waals surface area contributed by atoms with Gasteiger partial charge in [-0.3, -0.25) is 4.79 Å². The van der Waals surface area contributed by atoms with Crippen molar-refractivity contribution >= 4 is 27.1 Å². The van der Waals surface area contributed by atoms with E-state index in [9.17, 15) is 13.2 Å². The second-order valence-electron chi connectivity index (χ2n) is 5.48. The third-order valence-corrected chi connectivity index (χ3v) is 6.29. The SMILES string of the molecule is Nc1ccc2c(c1)N(C(=O)C1CCCCS1(=O)=O)CC2.